The number of esters is 1. The lowest BCUT2D eigenvalue weighted by Gasteiger charge is -2.36. The van der Waals surface area contributed by atoms with Gasteiger partial charge in [0, 0.05) is 44.8 Å². The van der Waals surface area contributed by atoms with Crippen LogP contribution >= 0.6 is 0 Å². The number of amides is 1. The Morgan fingerprint density at radius 3 is 2.18 bits per heavy atom. The Morgan fingerprint density at radius 1 is 1.03 bits per heavy atom. The second-order valence-electron chi connectivity index (χ2n) is 7.61. The maximum absolute atomic E-state index is 12.9. The summed E-state index contributed by atoms with van der Waals surface area (Å²) in [6.45, 7) is 9.49. The van der Waals surface area contributed by atoms with E-state index in [4.69, 9.17) is 4.74 Å². The van der Waals surface area contributed by atoms with Gasteiger partial charge in [-0.25, -0.2) is 9.48 Å². The predicted molar refractivity (Wildman–Crippen MR) is 124 cm³/mol. The molecule has 0 spiro atoms. The number of hydrogen-bond acceptors (Lipinski definition) is 6. The molecule has 33 heavy (non-hydrogen) atoms. The van der Waals surface area contributed by atoms with Crippen molar-refractivity contribution in [2.24, 2.45) is 0 Å². The maximum Gasteiger partial charge on any atom is 0.341 e. The Balaban J connectivity index is 1.67. The van der Waals surface area contributed by atoms with Gasteiger partial charge in [-0.05, 0) is 38.1 Å². The van der Waals surface area contributed by atoms with Crippen molar-refractivity contribution in [2.75, 3.05) is 45.9 Å². The number of aromatic nitrogens is 2. The minimum Gasteiger partial charge on any atom is -0.462 e. The Morgan fingerprint density at radius 2 is 1.64 bits per heavy atom. The number of piperazine rings is 1. The molecule has 2 heterocycles. The first-order chi connectivity index (χ1) is 15.7. The van der Waals surface area contributed by atoms with Gasteiger partial charge in [-0.3, -0.25) is 4.79 Å². The van der Waals surface area contributed by atoms with Gasteiger partial charge in [-0.2, -0.15) is 22.1 Å². The van der Waals surface area contributed by atoms with Gasteiger partial charge >= 0.3 is 5.97 Å². The number of nitrogens with zero attached hydrogens (tertiary/aromatic N) is 5. The van der Waals surface area contributed by atoms with Crippen LogP contribution in [0.1, 0.15) is 47.2 Å². The van der Waals surface area contributed by atoms with Crippen molar-refractivity contribution >= 4 is 22.1 Å². The molecule has 0 radical (unpaired) electrons. The van der Waals surface area contributed by atoms with E-state index in [2.05, 4.69) is 5.10 Å². The molecule has 1 amide bonds. The summed E-state index contributed by atoms with van der Waals surface area (Å²) in [5, 5.41) is 4.27. The molecule has 0 saturated carbocycles. The second-order valence-corrected chi connectivity index (χ2v) is 9.53. The molecule has 0 N–H and O–H groups in total. The molecule has 0 atom stereocenters. The quantitative estimate of drug-likeness (QED) is 0.536. The average molecular weight is 478 g/mol. The summed E-state index contributed by atoms with van der Waals surface area (Å²) < 4.78 is 34.9. The van der Waals surface area contributed by atoms with Gasteiger partial charge in [-0.1, -0.05) is 13.8 Å². The van der Waals surface area contributed by atoms with E-state index in [1.807, 2.05) is 13.8 Å². The van der Waals surface area contributed by atoms with E-state index < -0.39 is 16.2 Å². The largest absolute Gasteiger partial charge is 0.462 e. The Bertz CT molecular complexity index is 1080. The van der Waals surface area contributed by atoms with Crippen molar-refractivity contribution in [3.8, 4) is 5.69 Å². The van der Waals surface area contributed by atoms with Crippen molar-refractivity contribution in [3.05, 3.63) is 47.3 Å². The zero-order chi connectivity index (χ0) is 24.2. The first kappa shape index (κ1) is 24.9. The minimum atomic E-state index is -3.50. The summed E-state index contributed by atoms with van der Waals surface area (Å²) in [6, 6.07) is 6.95. The van der Waals surface area contributed by atoms with Gasteiger partial charge in [0.2, 0.25) is 0 Å². The van der Waals surface area contributed by atoms with Crippen LogP contribution in [0.2, 0.25) is 0 Å². The van der Waals surface area contributed by atoms with Gasteiger partial charge in [0.15, 0.2) is 0 Å². The number of benzene rings is 1. The molecule has 1 saturated heterocycles. The van der Waals surface area contributed by atoms with Crippen LogP contribution in [-0.2, 0) is 14.9 Å². The van der Waals surface area contributed by atoms with Crippen molar-refractivity contribution in [2.45, 2.75) is 27.7 Å². The molecule has 1 aromatic carbocycles. The van der Waals surface area contributed by atoms with Gasteiger partial charge in [0.05, 0.1) is 24.2 Å². The third kappa shape index (κ3) is 5.10. The van der Waals surface area contributed by atoms with Crippen molar-refractivity contribution < 1.29 is 22.7 Å². The Kier molecular flexibility index (Phi) is 7.88. The number of carbonyl (C=O) groups is 2. The highest BCUT2D eigenvalue weighted by atomic mass is 32.2. The van der Waals surface area contributed by atoms with Gasteiger partial charge in [0.25, 0.3) is 16.1 Å². The van der Waals surface area contributed by atoms with Gasteiger partial charge < -0.3 is 9.64 Å². The van der Waals surface area contributed by atoms with Crippen LogP contribution in [0.15, 0.2) is 30.5 Å². The van der Waals surface area contributed by atoms with Crippen LogP contribution in [0.3, 0.4) is 0 Å². The lowest BCUT2D eigenvalue weighted by molar-refractivity contribution is 0.0525. The summed E-state index contributed by atoms with van der Waals surface area (Å²) in [5.74, 6) is -0.568. The van der Waals surface area contributed by atoms with Crippen LogP contribution in [0.5, 0.6) is 0 Å². The Hall–Kier alpha value is -2.76. The summed E-state index contributed by atoms with van der Waals surface area (Å²) in [7, 11) is -3.50. The summed E-state index contributed by atoms with van der Waals surface area (Å²) in [4.78, 5) is 26.6. The number of ether oxygens (including phenoxy) is 1. The molecule has 1 aliphatic heterocycles. The molecular weight excluding hydrogens is 446 g/mol. The molecule has 0 unspecified atom stereocenters. The molecule has 1 aliphatic rings. The Labute approximate surface area is 194 Å². The minimum absolute atomic E-state index is 0.147. The monoisotopic (exact) mass is 477 g/mol. The molecule has 2 aromatic rings. The van der Waals surface area contributed by atoms with Crippen molar-refractivity contribution in [1.82, 2.24) is 23.3 Å². The van der Waals surface area contributed by atoms with Gasteiger partial charge in [-0.15, -0.1) is 0 Å². The zero-order valence-electron chi connectivity index (χ0n) is 19.5. The number of rotatable bonds is 8. The average Bonchev–Trinajstić information content (AvgIpc) is 3.21. The molecule has 11 heteroatoms. The van der Waals surface area contributed by atoms with E-state index >= 15 is 0 Å². The highest BCUT2D eigenvalue weighted by molar-refractivity contribution is 7.86. The molecule has 10 nitrogen and oxygen atoms in total. The topological polar surface area (TPSA) is 105 Å². The number of hydrogen-bond donors (Lipinski definition) is 0. The van der Waals surface area contributed by atoms with Crippen LogP contribution in [0, 0.1) is 6.92 Å². The molecule has 180 valence electrons. The van der Waals surface area contributed by atoms with Gasteiger partial charge in [0.1, 0.15) is 5.56 Å². The third-order valence-electron chi connectivity index (χ3n) is 5.75. The summed E-state index contributed by atoms with van der Waals surface area (Å²) in [6.07, 6.45) is 1.47. The lowest BCUT2D eigenvalue weighted by atomic mass is 10.1. The molecule has 0 aliphatic carbocycles. The van der Waals surface area contributed by atoms with E-state index in [9.17, 15) is 18.0 Å². The van der Waals surface area contributed by atoms with Crippen LogP contribution in [0.4, 0.5) is 0 Å². The SMILES string of the molecule is CCOC(=O)c1cnn(-c2ccc(C(=O)N3CCN(S(=O)(=O)N(CC)CC)CC3)cc2)c1C. The standard InChI is InChI=1S/C22H31N5O5S/c1-5-25(6-2)33(30,31)26-14-12-24(13-15-26)21(28)18-8-10-19(11-9-18)27-17(4)20(16-23-27)22(29)32-7-3/h8-11,16H,5-7,12-15H2,1-4H3. The first-order valence-electron chi connectivity index (χ1n) is 11.1. The van der Waals surface area contributed by atoms with E-state index in [1.54, 1.807) is 47.7 Å². The van der Waals surface area contributed by atoms with Crippen molar-refractivity contribution in [3.63, 3.8) is 0 Å². The number of carbonyl (C=O) groups excluding carboxylic acids is 2. The fraction of sp³-hybridized carbons (Fsp3) is 0.500. The molecule has 1 fully saturated rings. The highest BCUT2D eigenvalue weighted by Crippen LogP contribution is 2.18. The van der Waals surface area contributed by atoms with E-state index in [0.717, 1.165) is 5.69 Å². The maximum atomic E-state index is 12.9. The van der Waals surface area contributed by atoms with E-state index in [0.29, 0.717) is 43.0 Å². The van der Waals surface area contributed by atoms with Crippen LogP contribution in [-0.4, -0.2) is 89.5 Å². The molecule has 3 rings (SSSR count). The van der Waals surface area contributed by atoms with Crippen molar-refractivity contribution in [1.29, 1.82) is 0 Å². The molecular formula is C22H31N5O5S. The van der Waals surface area contributed by atoms with E-state index in [1.165, 1.54) is 14.8 Å². The predicted octanol–water partition coefficient (Wildman–Crippen LogP) is 1.70. The summed E-state index contributed by atoms with van der Waals surface area (Å²) in [5.41, 5.74) is 2.27. The highest BCUT2D eigenvalue weighted by Gasteiger charge is 2.32. The smallest absolute Gasteiger partial charge is 0.341 e. The fourth-order valence-corrected chi connectivity index (χ4v) is 5.45. The summed E-state index contributed by atoms with van der Waals surface area (Å²) >= 11 is 0. The molecule has 0 bridgehead atoms. The van der Waals surface area contributed by atoms with Crippen LogP contribution in [0.25, 0.3) is 5.69 Å². The third-order valence-corrected chi connectivity index (χ3v) is 7.93. The van der Waals surface area contributed by atoms with Crippen LogP contribution < -0.4 is 0 Å². The fourth-order valence-electron chi connectivity index (χ4n) is 3.84. The normalized spacial score (nSPS) is 15.1. The van der Waals surface area contributed by atoms with E-state index in [-0.39, 0.29) is 25.6 Å². The lowest BCUT2D eigenvalue weighted by Crippen LogP contribution is -2.54. The zero-order valence-corrected chi connectivity index (χ0v) is 20.3. The first-order valence-corrected chi connectivity index (χ1v) is 12.5. The second kappa shape index (κ2) is 10.4. The molecule has 1 aromatic heterocycles.